The summed E-state index contributed by atoms with van der Waals surface area (Å²) in [6.45, 7) is 0. The average molecular weight is 744 g/mol. The molecule has 8 unspecified atom stereocenters. The van der Waals surface area contributed by atoms with Crippen molar-refractivity contribution >= 4 is 11.8 Å². The fourth-order valence-electron chi connectivity index (χ4n) is 12.2. The van der Waals surface area contributed by atoms with E-state index in [4.69, 9.17) is 4.74 Å². The highest BCUT2D eigenvalue weighted by atomic mass is 32.2. The number of hydrogen-bond donors (Lipinski definition) is 0. The van der Waals surface area contributed by atoms with Crippen LogP contribution < -0.4 is 0 Å². The summed E-state index contributed by atoms with van der Waals surface area (Å²) in [5.74, 6) is 2.57. The summed E-state index contributed by atoms with van der Waals surface area (Å²) >= 11 is 2.08. The summed E-state index contributed by atoms with van der Waals surface area (Å²) in [7, 11) is 0. The van der Waals surface area contributed by atoms with E-state index in [0.29, 0.717) is 46.9 Å². The van der Waals surface area contributed by atoms with Gasteiger partial charge in [0.25, 0.3) is 0 Å². The van der Waals surface area contributed by atoms with Crippen LogP contribution in [0, 0.1) is 29.6 Å². The second-order valence-electron chi connectivity index (χ2n) is 18.0. The molecule has 0 aromatic carbocycles. The molecule has 2 aliphatic heterocycles. The summed E-state index contributed by atoms with van der Waals surface area (Å²) in [4.78, 5) is 4.40. The van der Waals surface area contributed by atoms with Crippen molar-refractivity contribution in [1.29, 1.82) is 0 Å². The van der Waals surface area contributed by atoms with Gasteiger partial charge < -0.3 is 9.64 Å². The van der Waals surface area contributed by atoms with Gasteiger partial charge in [-0.3, -0.25) is 0 Å². The van der Waals surface area contributed by atoms with E-state index in [1.165, 1.54) is 86.0 Å². The Balaban J connectivity index is 0.828. The van der Waals surface area contributed by atoms with E-state index >= 15 is 0 Å². The van der Waals surface area contributed by atoms with Crippen LogP contribution >= 0.6 is 11.8 Å². The molecule has 0 spiro atoms. The minimum atomic E-state index is 0.215. The third-order valence-electron chi connectivity index (χ3n) is 15.0. The number of hydrogen-bond acceptors (Lipinski definition) is 3. The van der Waals surface area contributed by atoms with Crippen LogP contribution in [-0.4, -0.2) is 34.4 Å². The first-order valence-electron chi connectivity index (χ1n) is 22.0. The van der Waals surface area contributed by atoms with E-state index in [0.717, 1.165) is 25.7 Å². The Bertz CT molecular complexity index is 2050. The van der Waals surface area contributed by atoms with Crippen LogP contribution in [0.25, 0.3) is 0 Å². The van der Waals surface area contributed by atoms with Crippen LogP contribution in [0.4, 0.5) is 0 Å². The Hall–Kier alpha value is -3.53. The van der Waals surface area contributed by atoms with Crippen molar-refractivity contribution in [2.75, 3.05) is 0 Å². The van der Waals surface area contributed by atoms with Gasteiger partial charge in [-0.2, -0.15) is 0 Å². The molecule has 0 saturated carbocycles. The lowest BCUT2D eigenvalue weighted by Crippen LogP contribution is -2.43. The molecule has 0 N–H and O–H groups in total. The lowest BCUT2D eigenvalue weighted by atomic mass is 9.72. The quantitative estimate of drug-likeness (QED) is 0.251. The Morgan fingerprint density at radius 2 is 1.67 bits per heavy atom. The summed E-state index contributed by atoms with van der Waals surface area (Å²) in [6.07, 6.45) is 64.3. The van der Waals surface area contributed by atoms with Crippen LogP contribution in [0.3, 0.4) is 0 Å². The van der Waals surface area contributed by atoms with E-state index in [2.05, 4.69) is 132 Å². The van der Waals surface area contributed by atoms with Crippen molar-refractivity contribution in [3.05, 3.63) is 165 Å². The van der Waals surface area contributed by atoms with Gasteiger partial charge in [0.05, 0.1) is 18.2 Å². The highest BCUT2D eigenvalue weighted by Crippen LogP contribution is 2.51. The number of fused-ring (bicyclic) bond motifs is 5. The molecule has 0 amide bonds. The molecule has 2 heterocycles. The van der Waals surface area contributed by atoms with Crippen LogP contribution in [-0.2, 0) is 4.74 Å². The maximum atomic E-state index is 6.86. The van der Waals surface area contributed by atoms with Crippen molar-refractivity contribution in [2.45, 2.75) is 119 Å². The minimum absolute atomic E-state index is 0.215. The van der Waals surface area contributed by atoms with Gasteiger partial charge in [-0.05, 0) is 135 Å². The molecule has 11 aliphatic rings. The molecule has 0 radical (unpaired) electrons. The van der Waals surface area contributed by atoms with Crippen LogP contribution in [0.1, 0.15) is 89.9 Å². The summed E-state index contributed by atoms with van der Waals surface area (Å²) < 4.78 is 6.86. The smallest absolute Gasteiger partial charge is 0.0834 e. The van der Waals surface area contributed by atoms with E-state index in [9.17, 15) is 0 Å². The third kappa shape index (κ3) is 6.46. The maximum Gasteiger partial charge on any atom is 0.0834 e. The summed E-state index contributed by atoms with van der Waals surface area (Å²) in [6, 6.07) is 0.928. The van der Waals surface area contributed by atoms with Crippen LogP contribution in [0.15, 0.2) is 165 Å². The molecule has 0 aromatic heterocycles. The van der Waals surface area contributed by atoms with Gasteiger partial charge in [-0.1, -0.05) is 115 Å². The van der Waals surface area contributed by atoms with Crippen molar-refractivity contribution < 1.29 is 4.74 Å². The van der Waals surface area contributed by atoms with E-state index in [-0.39, 0.29) is 12.2 Å². The number of allylic oxidation sites excluding steroid dienone is 19. The zero-order valence-corrected chi connectivity index (χ0v) is 33.2. The lowest BCUT2D eigenvalue weighted by molar-refractivity contribution is 0.0693. The summed E-state index contributed by atoms with van der Waals surface area (Å²) in [5, 5.41) is 0.569. The molecule has 11 rings (SSSR count). The number of rotatable bonds is 6. The predicted octanol–water partition coefficient (Wildman–Crippen LogP) is 12.6. The van der Waals surface area contributed by atoms with Gasteiger partial charge in [-0.15, -0.1) is 11.8 Å². The third-order valence-corrected chi connectivity index (χ3v) is 16.4. The second kappa shape index (κ2) is 14.8. The second-order valence-corrected chi connectivity index (χ2v) is 19.2. The zero-order chi connectivity index (χ0) is 36.3. The predicted molar refractivity (Wildman–Crippen MR) is 230 cm³/mol. The first-order valence-corrected chi connectivity index (χ1v) is 22.9. The van der Waals surface area contributed by atoms with Gasteiger partial charge in [0.2, 0.25) is 0 Å². The molecular formula is C52H57NOS. The number of ether oxygens (including phenoxy) is 1. The molecule has 1 saturated heterocycles. The molecule has 0 aromatic rings. The lowest BCUT2D eigenvalue weighted by Gasteiger charge is -2.43. The zero-order valence-electron chi connectivity index (χ0n) is 32.4. The topological polar surface area (TPSA) is 12.5 Å². The largest absolute Gasteiger partial charge is 0.366 e. The standard InChI is InChI=1S/C52H57NOS/c1-2-10-37(11-3-1)44-14-8-15-46-47-32-40(23-29-49(47)54-52(44)46)36-21-26-42(27-22-36)53(43-28-30-51-48(33-43)45-13-6-7-16-50(45)55-51)41-24-19-35(20-25-41)39-18-17-34-9-4-5-12-38(34)31-39/h1-3,6-7,10,13-14,16,19,21,23,26-32,36-37,41,43,45-47,49-50,52H,4-5,8-9,11-12,15,17-18,20,22,24-25,33H2/t36-,37?,41-,43?,45?,46?,47?,49?,50?,52?/m0/s1. The van der Waals surface area contributed by atoms with E-state index in [1.807, 2.05) is 0 Å². The minimum Gasteiger partial charge on any atom is -0.366 e. The molecule has 3 heteroatoms. The van der Waals surface area contributed by atoms with Crippen molar-refractivity contribution in [3.63, 3.8) is 0 Å². The first kappa shape index (κ1) is 34.7. The Morgan fingerprint density at radius 3 is 2.56 bits per heavy atom. The molecule has 9 aliphatic carbocycles. The Morgan fingerprint density at radius 1 is 0.727 bits per heavy atom. The molecular weight excluding hydrogens is 687 g/mol. The van der Waals surface area contributed by atoms with Gasteiger partial charge in [0.15, 0.2) is 0 Å². The molecule has 1 fully saturated rings. The number of nitrogens with zero attached hydrogens (tertiary/aromatic N) is 1. The molecule has 55 heavy (non-hydrogen) atoms. The van der Waals surface area contributed by atoms with Gasteiger partial charge in [0.1, 0.15) is 0 Å². The van der Waals surface area contributed by atoms with Gasteiger partial charge >= 0.3 is 0 Å². The van der Waals surface area contributed by atoms with Crippen molar-refractivity contribution in [3.8, 4) is 0 Å². The average Bonchev–Trinajstić information content (AvgIpc) is 3.82. The first-order chi connectivity index (χ1) is 27.2. The normalized spacial score (nSPS) is 38.4. The van der Waals surface area contributed by atoms with Crippen molar-refractivity contribution in [2.24, 2.45) is 29.6 Å². The molecule has 282 valence electrons. The summed E-state index contributed by atoms with van der Waals surface area (Å²) in [5.41, 5.74) is 12.9. The van der Waals surface area contributed by atoms with E-state index in [1.54, 1.807) is 27.9 Å². The SMILES string of the molecule is C1=CCC(C2=CCCC3C2OC2C=CC([C@H]4C=CC(N(C5C=CC6=C(C5)C5C=CC=CC5S6)[C@H]5CC=C(C6=CC7=C(CCCC7)CC6)CC5)=CC4)=CC23)C=C1. The Kier molecular flexibility index (Phi) is 9.31. The van der Waals surface area contributed by atoms with Crippen LogP contribution in [0.5, 0.6) is 0 Å². The molecule has 10 atom stereocenters. The Labute approximate surface area is 334 Å². The fourth-order valence-corrected chi connectivity index (χ4v) is 13.6. The van der Waals surface area contributed by atoms with E-state index < -0.39 is 0 Å². The monoisotopic (exact) mass is 743 g/mol. The molecule has 0 bridgehead atoms. The highest BCUT2D eigenvalue weighted by Gasteiger charge is 2.47. The fraction of sp³-hybridized carbons (Fsp3) is 0.462. The molecule has 2 nitrogen and oxygen atoms in total. The van der Waals surface area contributed by atoms with Gasteiger partial charge in [0, 0.05) is 45.6 Å². The van der Waals surface area contributed by atoms with Crippen molar-refractivity contribution in [1.82, 2.24) is 4.90 Å². The maximum absolute atomic E-state index is 6.86. The van der Waals surface area contributed by atoms with Gasteiger partial charge in [-0.25, -0.2) is 0 Å². The highest BCUT2D eigenvalue weighted by molar-refractivity contribution is 8.04. The van der Waals surface area contributed by atoms with Crippen LogP contribution in [0.2, 0.25) is 0 Å². The number of thioether (sulfide) groups is 1.